The quantitative estimate of drug-likeness (QED) is 0.880. The highest BCUT2D eigenvalue weighted by Gasteiger charge is 2.12. The third-order valence-electron chi connectivity index (χ3n) is 2.80. The van der Waals surface area contributed by atoms with Crippen LogP contribution >= 0.6 is 0 Å². The van der Waals surface area contributed by atoms with E-state index in [0.717, 1.165) is 18.4 Å². The monoisotopic (exact) mass is 279 g/mol. The minimum atomic E-state index is -0.374. The summed E-state index contributed by atoms with van der Waals surface area (Å²) in [5.41, 5.74) is 6.56. The molecule has 1 heterocycles. The number of hydrogen-bond acceptors (Lipinski definition) is 5. The Labute approximate surface area is 116 Å². The molecule has 0 saturated heterocycles. The predicted octanol–water partition coefficient (Wildman–Crippen LogP) is 2.76. The number of nitrogens with zero attached hydrogens (tertiary/aromatic N) is 2. The van der Waals surface area contributed by atoms with E-state index in [2.05, 4.69) is 10.1 Å². The first kappa shape index (κ1) is 14.5. The molecule has 0 unspecified atom stereocenters. The molecular formula is C14H18FN3O2. The Bertz CT molecular complexity index is 569. The minimum Gasteiger partial charge on any atom is -0.483 e. The van der Waals surface area contributed by atoms with Gasteiger partial charge in [-0.1, -0.05) is 18.1 Å². The maximum atomic E-state index is 13.3. The number of aryl methyl sites for hydroxylation is 1. The van der Waals surface area contributed by atoms with E-state index in [-0.39, 0.29) is 18.5 Å². The predicted molar refractivity (Wildman–Crippen MR) is 71.6 cm³/mol. The van der Waals surface area contributed by atoms with Gasteiger partial charge in [0.05, 0.1) is 0 Å². The summed E-state index contributed by atoms with van der Waals surface area (Å²) in [6.07, 6.45) is 1.70. The Hall–Kier alpha value is -1.95. The van der Waals surface area contributed by atoms with Gasteiger partial charge in [0.25, 0.3) is 5.89 Å². The highest BCUT2D eigenvalue weighted by atomic mass is 19.1. The molecule has 0 aliphatic rings. The molecule has 20 heavy (non-hydrogen) atoms. The molecular weight excluding hydrogens is 261 g/mol. The fourth-order valence-electron chi connectivity index (χ4n) is 1.82. The van der Waals surface area contributed by atoms with E-state index in [9.17, 15) is 4.39 Å². The lowest BCUT2D eigenvalue weighted by atomic mass is 10.1. The summed E-state index contributed by atoms with van der Waals surface area (Å²) in [5.74, 6) is 1.04. The van der Waals surface area contributed by atoms with Gasteiger partial charge >= 0.3 is 0 Å². The molecule has 2 aromatic rings. The number of hydrogen-bond donors (Lipinski definition) is 1. The summed E-state index contributed by atoms with van der Waals surface area (Å²) in [6.45, 7) is 3.94. The Morgan fingerprint density at radius 1 is 1.45 bits per heavy atom. The fourth-order valence-corrected chi connectivity index (χ4v) is 1.82. The summed E-state index contributed by atoms with van der Waals surface area (Å²) in [7, 11) is 0. The zero-order valence-electron chi connectivity index (χ0n) is 11.6. The molecule has 0 fully saturated rings. The second-order valence-electron chi connectivity index (χ2n) is 4.61. The third-order valence-corrected chi connectivity index (χ3v) is 2.80. The van der Waals surface area contributed by atoms with E-state index in [1.54, 1.807) is 6.07 Å². The van der Waals surface area contributed by atoms with Gasteiger partial charge in [-0.3, -0.25) is 0 Å². The number of aromatic nitrogens is 2. The average Bonchev–Trinajstić information content (AvgIpc) is 2.84. The molecule has 1 aromatic carbocycles. The SMILES string of the molecule is CCCc1noc(COc2cc(F)ccc2[C@@H](C)N)n1. The van der Waals surface area contributed by atoms with Gasteiger partial charge in [-0.05, 0) is 19.4 Å². The zero-order valence-corrected chi connectivity index (χ0v) is 11.6. The first-order valence-electron chi connectivity index (χ1n) is 6.59. The summed E-state index contributed by atoms with van der Waals surface area (Å²) < 4.78 is 23.9. The van der Waals surface area contributed by atoms with Crippen LogP contribution in [0.3, 0.4) is 0 Å². The lowest BCUT2D eigenvalue weighted by molar-refractivity contribution is 0.239. The van der Waals surface area contributed by atoms with Crippen molar-refractivity contribution in [2.75, 3.05) is 0 Å². The molecule has 6 heteroatoms. The van der Waals surface area contributed by atoms with E-state index in [1.165, 1.54) is 12.1 Å². The van der Waals surface area contributed by atoms with Crippen molar-refractivity contribution < 1.29 is 13.7 Å². The molecule has 0 aliphatic carbocycles. The molecule has 2 N–H and O–H groups in total. The summed E-state index contributed by atoms with van der Waals surface area (Å²) in [4.78, 5) is 4.18. The smallest absolute Gasteiger partial charge is 0.264 e. The summed E-state index contributed by atoms with van der Waals surface area (Å²) >= 11 is 0. The maximum Gasteiger partial charge on any atom is 0.264 e. The van der Waals surface area contributed by atoms with Gasteiger partial charge < -0.3 is 15.0 Å². The van der Waals surface area contributed by atoms with Crippen LogP contribution in [-0.2, 0) is 13.0 Å². The van der Waals surface area contributed by atoms with Crippen LogP contribution < -0.4 is 10.5 Å². The first-order valence-corrected chi connectivity index (χ1v) is 6.59. The normalized spacial score (nSPS) is 12.4. The van der Waals surface area contributed by atoms with Gasteiger partial charge in [0.2, 0.25) is 0 Å². The topological polar surface area (TPSA) is 74.2 Å². The van der Waals surface area contributed by atoms with Crippen molar-refractivity contribution in [3.63, 3.8) is 0 Å². The van der Waals surface area contributed by atoms with E-state index in [4.69, 9.17) is 15.0 Å². The summed E-state index contributed by atoms with van der Waals surface area (Å²) in [5, 5.41) is 3.83. The van der Waals surface area contributed by atoms with Crippen molar-refractivity contribution in [1.82, 2.24) is 10.1 Å². The van der Waals surface area contributed by atoms with Crippen molar-refractivity contribution in [3.8, 4) is 5.75 Å². The first-order chi connectivity index (χ1) is 9.60. The number of halogens is 1. The molecule has 0 bridgehead atoms. The average molecular weight is 279 g/mol. The molecule has 1 aromatic heterocycles. The number of ether oxygens (including phenoxy) is 1. The third kappa shape index (κ3) is 3.54. The van der Waals surface area contributed by atoms with Crippen LogP contribution in [0.15, 0.2) is 22.7 Å². The largest absolute Gasteiger partial charge is 0.483 e. The van der Waals surface area contributed by atoms with Crippen molar-refractivity contribution in [1.29, 1.82) is 0 Å². The van der Waals surface area contributed by atoms with Crippen molar-refractivity contribution in [2.24, 2.45) is 5.73 Å². The van der Waals surface area contributed by atoms with Gasteiger partial charge in [0.15, 0.2) is 12.4 Å². The Balaban J connectivity index is 2.07. The van der Waals surface area contributed by atoms with Gasteiger partial charge in [0, 0.05) is 24.1 Å². The molecule has 2 rings (SSSR count). The minimum absolute atomic E-state index is 0.0971. The molecule has 0 amide bonds. The number of nitrogens with two attached hydrogens (primary N) is 1. The molecule has 5 nitrogen and oxygen atoms in total. The maximum absolute atomic E-state index is 13.3. The van der Waals surface area contributed by atoms with Gasteiger partial charge in [-0.25, -0.2) is 4.39 Å². The van der Waals surface area contributed by atoms with Crippen LogP contribution in [-0.4, -0.2) is 10.1 Å². The van der Waals surface area contributed by atoms with Crippen molar-refractivity contribution in [3.05, 3.63) is 41.3 Å². The fraction of sp³-hybridized carbons (Fsp3) is 0.429. The van der Waals surface area contributed by atoms with E-state index in [0.29, 0.717) is 17.5 Å². The van der Waals surface area contributed by atoms with E-state index in [1.807, 2.05) is 13.8 Å². The highest BCUT2D eigenvalue weighted by Crippen LogP contribution is 2.25. The highest BCUT2D eigenvalue weighted by molar-refractivity contribution is 5.36. The van der Waals surface area contributed by atoms with Crippen molar-refractivity contribution >= 4 is 0 Å². The van der Waals surface area contributed by atoms with Gasteiger partial charge in [-0.2, -0.15) is 4.98 Å². The Morgan fingerprint density at radius 3 is 2.95 bits per heavy atom. The molecule has 108 valence electrons. The molecule has 0 aliphatic heterocycles. The molecule has 1 atom stereocenters. The van der Waals surface area contributed by atoms with Crippen molar-refractivity contribution in [2.45, 2.75) is 39.3 Å². The number of benzene rings is 1. The lowest BCUT2D eigenvalue weighted by Gasteiger charge is -2.12. The van der Waals surface area contributed by atoms with Crippen LogP contribution in [0.4, 0.5) is 4.39 Å². The standard InChI is InChI=1S/C14H18FN3O2/c1-3-4-13-17-14(20-18-13)8-19-12-7-10(15)5-6-11(12)9(2)16/h5-7,9H,3-4,8,16H2,1-2H3/t9-/m1/s1. The lowest BCUT2D eigenvalue weighted by Crippen LogP contribution is -2.08. The van der Waals surface area contributed by atoms with E-state index < -0.39 is 0 Å². The van der Waals surface area contributed by atoms with Gasteiger partial charge in [0.1, 0.15) is 11.6 Å². The van der Waals surface area contributed by atoms with E-state index >= 15 is 0 Å². The molecule has 0 radical (unpaired) electrons. The van der Waals surface area contributed by atoms with Crippen LogP contribution in [0.25, 0.3) is 0 Å². The van der Waals surface area contributed by atoms with Crippen LogP contribution in [0, 0.1) is 5.82 Å². The molecule has 0 saturated carbocycles. The number of rotatable bonds is 6. The molecule has 0 spiro atoms. The second-order valence-corrected chi connectivity index (χ2v) is 4.61. The zero-order chi connectivity index (χ0) is 14.5. The van der Waals surface area contributed by atoms with Crippen LogP contribution in [0.2, 0.25) is 0 Å². The second kappa shape index (κ2) is 6.47. The van der Waals surface area contributed by atoms with Gasteiger partial charge in [-0.15, -0.1) is 0 Å². The van der Waals surface area contributed by atoms with Crippen LogP contribution in [0.5, 0.6) is 5.75 Å². The summed E-state index contributed by atoms with van der Waals surface area (Å²) in [6, 6.07) is 4.04. The Morgan fingerprint density at radius 2 is 2.25 bits per heavy atom. The van der Waals surface area contributed by atoms with Crippen LogP contribution in [0.1, 0.15) is 43.6 Å². The Kier molecular flexibility index (Phi) is 4.68.